The van der Waals surface area contributed by atoms with Gasteiger partial charge >= 0.3 is 0 Å². The predicted octanol–water partition coefficient (Wildman–Crippen LogP) is 0.377. The third-order valence-electron chi connectivity index (χ3n) is 3.50. The van der Waals surface area contributed by atoms with E-state index in [0.717, 1.165) is 0 Å². The Morgan fingerprint density at radius 2 is 1.67 bits per heavy atom. The van der Waals surface area contributed by atoms with E-state index in [0.29, 0.717) is 6.61 Å². The first-order chi connectivity index (χ1) is 8.24. The first kappa shape index (κ1) is 12.8. The van der Waals surface area contributed by atoms with Crippen molar-refractivity contribution in [3.8, 4) is 0 Å². The van der Waals surface area contributed by atoms with Gasteiger partial charge in [0, 0.05) is 0 Å². The Labute approximate surface area is 106 Å². The average Bonchev–Trinajstić information content (AvgIpc) is 2.81. The molecule has 0 aromatic heterocycles. The van der Waals surface area contributed by atoms with Gasteiger partial charge in [-0.1, -0.05) is 0 Å². The summed E-state index contributed by atoms with van der Waals surface area (Å²) in [6.45, 7) is 7.81. The third-order valence-corrected chi connectivity index (χ3v) is 3.50. The van der Waals surface area contributed by atoms with Crippen molar-refractivity contribution in [1.29, 1.82) is 0 Å². The molecule has 6 heteroatoms. The van der Waals surface area contributed by atoms with E-state index in [1.54, 1.807) is 13.8 Å². The van der Waals surface area contributed by atoms with E-state index >= 15 is 0 Å². The minimum atomic E-state index is -1.07. The Balaban J connectivity index is 1.88. The lowest BCUT2D eigenvalue weighted by molar-refractivity contribution is -0.290. The maximum Gasteiger partial charge on any atom is 0.229 e. The van der Waals surface area contributed by atoms with Crippen molar-refractivity contribution in [1.82, 2.24) is 0 Å². The minimum Gasteiger partial charge on any atom is -0.388 e. The quantitative estimate of drug-likeness (QED) is 0.735. The maximum absolute atomic E-state index is 9.96. The first-order valence-corrected chi connectivity index (χ1v) is 6.26. The molecule has 3 fully saturated rings. The van der Waals surface area contributed by atoms with E-state index in [2.05, 4.69) is 0 Å². The number of aliphatic hydroxyl groups is 1. The highest BCUT2D eigenvalue weighted by molar-refractivity contribution is 5.04. The van der Waals surface area contributed by atoms with E-state index in [9.17, 15) is 5.11 Å². The molecule has 0 amide bonds. The number of rotatable bonds is 1. The Bertz CT molecular complexity index is 354. The summed E-state index contributed by atoms with van der Waals surface area (Å²) in [5.41, 5.74) is 0. The largest absolute Gasteiger partial charge is 0.388 e. The highest BCUT2D eigenvalue weighted by Gasteiger charge is 2.67. The lowest BCUT2D eigenvalue weighted by Crippen LogP contribution is -2.52. The standard InChI is InChI=1S/C12H20O6/c1-10(2)14-6-8(16-10)12-9(7(13)5-15-12)17-11(3,4)18-12/h7-9,13H,5-6H2,1-4H3/t7-,8+,9+,12+/m0/s1. The summed E-state index contributed by atoms with van der Waals surface area (Å²) in [7, 11) is 0. The predicted molar refractivity (Wildman–Crippen MR) is 59.6 cm³/mol. The zero-order valence-electron chi connectivity index (χ0n) is 11.1. The molecular formula is C12H20O6. The van der Waals surface area contributed by atoms with Gasteiger partial charge in [0.15, 0.2) is 11.6 Å². The van der Waals surface area contributed by atoms with Gasteiger partial charge in [-0.3, -0.25) is 0 Å². The molecule has 104 valence electrons. The van der Waals surface area contributed by atoms with E-state index < -0.39 is 35.7 Å². The van der Waals surface area contributed by atoms with Crippen LogP contribution in [-0.4, -0.2) is 54.0 Å². The molecule has 3 rings (SSSR count). The van der Waals surface area contributed by atoms with Crippen molar-refractivity contribution >= 4 is 0 Å². The Morgan fingerprint density at radius 1 is 0.944 bits per heavy atom. The van der Waals surface area contributed by atoms with Crippen molar-refractivity contribution in [2.24, 2.45) is 0 Å². The monoisotopic (exact) mass is 260 g/mol. The molecule has 0 spiro atoms. The van der Waals surface area contributed by atoms with Crippen LogP contribution < -0.4 is 0 Å². The number of aliphatic hydroxyl groups excluding tert-OH is 1. The van der Waals surface area contributed by atoms with Gasteiger partial charge in [0.05, 0.1) is 13.2 Å². The molecule has 0 aliphatic carbocycles. The minimum absolute atomic E-state index is 0.182. The third kappa shape index (κ3) is 1.79. The smallest absolute Gasteiger partial charge is 0.229 e. The van der Waals surface area contributed by atoms with Crippen LogP contribution in [0.4, 0.5) is 0 Å². The van der Waals surface area contributed by atoms with E-state index in [1.165, 1.54) is 0 Å². The summed E-state index contributed by atoms with van der Waals surface area (Å²) in [6, 6.07) is 0. The van der Waals surface area contributed by atoms with Gasteiger partial charge in [-0.2, -0.15) is 0 Å². The molecule has 18 heavy (non-hydrogen) atoms. The second-order valence-electron chi connectivity index (χ2n) is 5.96. The summed E-state index contributed by atoms with van der Waals surface area (Å²) < 4.78 is 28.7. The SMILES string of the molecule is CC1(C)OC[C@H]([C@]23OC[C@H](O)[C@H]2OC(C)(C)O3)O1. The van der Waals surface area contributed by atoms with Crippen LogP contribution in [0.1, 0.15) is 27.7 Å². The second-order valence-corrected chi connectivity index (χ2v) is 5.96. The first-order valence-electron chi connectivity index (χ1n) is 6.26. The van der Waals surface area contributed by atoms with Gasteiger partial charge in [0.2, 0.25) is 5.79 Å². The number of hydrogen-bond acceptors (Lipinski definition) is 6. The molecule has 0 aromatic carbocycles. The molecule has 4 atom stereocenters. The molecule has 3 aliphatic heterocycles. The molecule has 3 aliphatic rings. The van der Waals surface area contributed by atoms with Gasteiger partial charge in [-0.25, -0.2) is 0 Å². The summed E-state index contributed by atoms with van der Waals surface area (Å²) >= 11 is 0. The van der Waals surface area contributed by atoms with Crippen LogP contribution in [0.2, 0.25) is 0 Å². The Morgan fingerprint density at radius 3 is 2.28 bits per heavy atom. The van der Waals surface area contributed by atoms with Crippen molar-refractivity contribution in [3.05, 3.63) is 0 Å². The average molecular weight is 260 g/mol. The van der Waals surface area contributed by atoms with Crippen molar-refractivity contribution in [2.45, 2.75) is 63.4 Å². The molecule has 0 aromatic rings. The fourth-order valence-corrected chi connectivity index (χ4v) is 2.84. The topological polar surface area (TPSA) is 66.4 Å². The van der Waals surface area contributed by atoms with Crippen molar-refractivity contribution in [2.75, 3.05) is 13.2 Å². The van der Waals surface area contributed by atoms with Gasteiger partial charge in [0.1, 0.15) is 18.3 Å². The van der Waals surface area contributed by atoms with E-state index in [1.807, 2.05) is 13.8 Å². The van der Waals surface area contributed by atoms with Gasteiger partial charge in [-0.15, -0.1) is 0 Å². The lowest BCUT2D eigenvalue weighted by Gasteiger charge is -2.32. The van der Waals surface area contributed by atoms with E-state index in [-0.39, 0.29) is 6.61 Å². The van der Waals surface area contributed by atoms with Crippen molar-refractivity contribution < 1.29 is 28.8 Å². The van der Waals surface area contributed by atoms with Crippen LogP contribution in [0.5, 0.6) is 0 Å². The summed E-state index contributed by atoms with van der Waals surface area (Å²) in [5, 5.41) is 9.96. The molecular weight excluding hydrogens is 240 g/mol. The highest BCUT2D eigenvalue weighted by Crippen LogP contribution is 2.48. The molecule has 0 radical (unpaired) electrons. The van der Waals surface area contributed by atoms with Crippen LogP contribution in [0.3, 0.4) is 0 Å². The zero-order valence-corrected chi connectivity index (χ0v) is 11.1. The number of fused-ring (bicyclic) bond motifs is 1. The highest BCUT2D eigenvalue weighted by atomic mass is 16.9. The number of ether oxygens (including phenoxy) is 5. The normalized spacial score (nSPS) is 49.5. The molecule has 0 bridgehead atoms. The van der Waals surface area contributed by atoms with Crippen molar-refractivity contribution in [3.63, 3.8) is 0 Å². The Kier molecular flexibility index (Phi) is 2.59. The van der Waals surface area contributed by atoms with Crippen LogP contribution in [0, 0.1) is 0 Å². The van der Waals surface area contributed by atoms with Crippen LogP contribution in [0.15, 0.2) is 0 Å². The van der Waals surface area contributed by atoms with E-state index in [4.69, 9.17) is 23.7 Å². The van der Waals surface area contributed by atoms with Gasteiger partial charge in [-0.05, 0) is 27.7 Å². The second kappa shape index (κ2) is 3.65. The lowest BCUT2D eigenvalue weighted by atomic mass is 10.0. The zero-order chi connectivity index (χ0) is 13.2. The molecule has 0 saturated carbocycles. The van der Waals surface area contributed by atoms with Gasteiger partial charge in [0.25, 0.3) is 0 Å². The molecule has 3 saturated heterocycles. The van der Waals surface area contributed by atoms with Crippen LogP contribution in [0.25, 0.3) is 0 Å². The molecule has 3 heterocycles. The molecule has 6 nitrogen and oxygen atoms in total. The Hall–Kier alpha value is -0.240. The van der Waals surface area contributed by atoms with Gasteiger partial charge < -0.3 is 28.8 Å². The number of hydrogen-bond donors (Lipinski definition) is 1. The fourth-order valence-electron chi connectivity index (χ4n) is 2.84. The maximum atomic E-state index is 9.96. The summed E-state index contributed by atoms with van der Waals surface area (Å²) in [5.74, 6) is -2.55. The molecule has 0 unspecified atom stereocenters. The fraction of sp³-hybridized carbons (Fsp3) is 1.00. The summed E-state index contributed by atoms with van der Waals surface area (Å²) in [4.78, 5) is 0. The summed E-state index contributed by atoms with van der Waals surface area (Å²) in [6.07, 6.45) is -1.66. The molecule has 1 N–H and O–H groups in total. The van der Waals surface area contributed by atoms with Crippen LogP contribution in [-0.2, 0) is 23.7 Å². The van der Waals surface area contributed by atoms with Crippen LogP contribution >= 0.6 is 0 Å².